The largest absolute Gasteiger partial charge is 0.456 e. The average molecular weight is 431 g/mol. The van der Waals surface area contributed by atoms with Crippen molar-refractivity contribution < 1.29 is 23.5 Å². The summed E-state index contributed by atoms with van der Waals surface area (Å²) in [4.78, 5) is 11.7. The minimum atomic E-state index is -1.65. The van der Waals surface area contributed by atoms with E-state index in [0.717, 1.165) is 18.9 Å². The van der Waals surface area contributed by atoms with Gasteiger partial charge < -0.3 is 18.7 Å². The van der Waals surface area contributed by atoms with Crippen LogP contribution >= 0.6 is 0 Å². The van der Waals surface area contributed by atoms with Crippen molar-refractivity contribution in [2.24, 2.45) is 5.92 Å². The zero-order chi connectivity index (χ0) is 20.8. The van der Waals surface area contributed by atoms with Gasteiger partial charge in [-0.05, 0) is 71.4 Å². The van der Waals surface area contributed by atoms with Crippen molar-refractivity contribution in [3.8, 4) is 0 Å². The van der Waals surface area contributed by atoms with E-state index in [1.165, 1.54) is 0 Å². The summed E-state index contributed by atoms with van der Waals surface area (Å²) in [5, 5.41) is 10.3. The molecule has 3 atom stereocenters. The van der Waals surface area contributed by atoms with E-state index < -0.39 is 34.8 Å². The molecule has 0 aromatic rings. The molecule has 0 aliphatic heterocycles. The van der Waals surface area contributed by atoms with Gasteiger partial charge in [0.25, 0.3) is 0 Å². The molecule has 0 saturated heterocycles. The maximum atomic E-state index is 11.7. The third-order valence-electron chi connectivity index (χ3n) is 4.26. The maximum absolute atomic E-state index is 11.7. The molecule has 156 valence electrons. The summed E-state index contributed by atoms with van der Waals surface area (Å²) >= 11 is 0. The standard InChI is InChI=1S/C19H38O5Si3/c1-14(2)18(21)22-17-10-9-15(13-16(17)20)11-12-25-19(23-26(3,4)5)24-27(6,7)8/h15-17,19-20H,1,9-13H2,2-8H3. The van der Waals surface area contributed by atoms with E-state index in [1.54, 1.807) is 6.92 Å². The van der Waals surface area contributed by atoms with Gasteiger partial charge in [0.05, 0.1) is 6.10 Å². The SMILES string of the molecule is C=C(C)C(=O)OC1CCC(CC[Si]C(O[Si](C)(C)C)O[Si](C)(C)C)CC1O. The lowest BCUT2D eigenvalue weighted by Crippen LogP contribution is -2.43. The molecule has 5 nitrogen and oxygen atoms in total. The van der Waals surface area contributed by atoms with E-state index in [-0.39, 0.29) is 5.91 Å². The Morgan fingerprint density at radius 2 is 1.70 bits per heavy atom. The number of carbonyl (C=O) groups is 1. The van der Waals surface area contributed by atoms with Crippen molar-refractivity contribution in [1.29, 1.82) is 0 Å². The predicted molar refractivity (Wildman–Crippen MR) is 116 cm³/mol. The first-order valence-electron chi connectivity index (χ1n) is 9.90. The topological polar surface area (TPSA) is 65.0 Å². The van der Waals surface area contributed by atoms with Crippen molar-refractivity contribution >= 4 is 32.1 Å². The highest BCUT2D eigenvalue weighted by molar-refractivity contribution is 6.71. The summed E-state index contributed by atoms with van der Waals surface area (Å²) < 4.78 is 17.9. The van der Waals surface area contributed by atoms with E-state index >= 15 is 0 Å². The second kappa shape index (κ2) is 10.5. The molecule has 0 aromatic heterocycles. The van der Waals surface area contributed by atoms with E-state index in [4.69, 9.17) is 13.6 Å². The lowest BCUT2D eigenvalue weighted by atomic mass is 9.84. The lowest BCUT2D eigenvalue weighted by molar-refractivity contribution is -0.154. The Bertz CT molecular complexity index is 483. The number of aliphatic hydroxyl groups is 1. The molecular weight excluding hydrogens is 392 g/mol. The fraction of sp³-hybridized carbons (Fsp3) is 0.842. The van der Waals surface area contributed by atoms with Crippen LogP contribution in [0.4, 0.5) is 0 Å². The van der Waals surface area contributed by atoms with Crippen molar-refractivity contribution in [1.82, 2.24) is 0 Å². The first-order chi connectivity index (χ1) is 12.3. The van der Waals surface area contributed by atoms with Crippen LogP contribution in [-0.4, -0.2) is 55.4 Å². The molecule has 1 saturated carbocycles. The second-order valence-electron chi connectivity index (χ2n) is 9.51. The third kappa shape index (κ3) is 10.7. The van der Waals surface area contributed by atoms with Crippen molar-refractivity contribution in [2.45, 2.75) is 96.1 Å². The highest BCUT2D eigenvalue weighted by Gasteiger charge is 2.32. The third-order valence-corrected chi connectivity index (χ3v) is 7.72. The fourth-order valence-electron chi connectivity index (χ4n) is 3.00. The van der Waals surface area contributed by atoms with Crippen LogP contribution < -0.4 is 0 Å². The zero-order valence-electron chi connectivity index (χ0n) is 18.1. The van der Waals surface area contributed by atoms with Crippen LogP contribution in [0.1, 0.15) is 32.6 Å². The summed E-state index contributed by atoms with van der Waals surface area (Å²) in [6, 6.07) is 1.05. The number of esters is 1. The van der Waals surface area contributed by atoms with E-state index in [9.17, 15) is 9.90 Å². The van der Waals surface area contributed by atoms with Crippen LogP contribution in [0, 0.1) is 5.92 Å². The van der Waals surface area contributed by atoms with Gasteiger partial charge in [-0.15, -0.1) is 0 Å². The Kier molecular flexibility index (Phi) is 9.63. The highest BCUT2D eigenvalue weighted by atomic mass is 28.4. The Balaban J connectivity index is 2.44. The molecule has 0 heterocycles. The lowest BCUT2D eigenvalue weighted by Gasteiger charge is -2.34. The fourth-order valence-corrected chi connectivity index (χ4v) is 8.07. The summed E-state index contributed by atoms with van der Waals surface area (Å²) in [5.41, 5.74) is 0.376. The van der Waals surface area contributed by atoms with Gasteiger partial charge in [0, 0.05) is 5.57 Å². The van der Waals surface area contributed by atoms with Crippen molar-refractivity contribution in [3.05, 3.63) is 12.2 Å². The van der Waals surface area contributed by atoms with Crippen molar-refractivity contribution in [3.63, 3.8) is 0 Å². The summed E-state index contributed by atoms with van der Waals surface area (Å²) in [6.45, 7) is 18.4. The first kappa shape index (κ1) is 24.8. The number of hydrogen-bond acceptors (Lipinski definition) is 5. The minimum Gasteiger partial charge on any atom is -0.456 e. The quantitative estimate of drug-likeness (QED) is 0.244. The minimum absolute atomic E-state index is 0.0823. The molecule has 0 spiro atoms. The normalized spacial score (nSPS) is 24.1. The predicted octanol–water partition coefficient (Wildman–Crippen LogP) is 4.13. The molecule has 1 aliphatic carbocycles. The monoisotopic (exact) mass is 430 g/mol. The summed E-state index contributed by atoms with van der Waals surface area (Å²) in [6.07, 6.45) is 2.46. The molecule has 1 rings (SSSR count). The Morgan fingerprint density at radius 3 is 2.15 bits per heavy atom. The van der Waals surface area contributed by atoms with Crippen LogP contribution in [-0.2, 0) is 18.4 Å². The van der Waals surface area contributed by atoms with Gasteiger partial charge in [0.2, 0.25) is 0 Å². The second-order valence-corrected chi connectivity index (χ2v) is 19.8. The Labute approximate surface area is 169 Å². The van der Waals surface area contributed by atoms with Gasteiger partial charge in [-0.25, -0.2) is 4.79 Å². The van der Waals surface area contributed by atoms with Gasteiger partial charge in [0.15, 0.2) is 16.6 Å². The number of rotatable bonds is 10. The van der Waals surface area contributed by atoms with Crippen LogP contribution in [0.3, 0.4) is 0 Å². The van der Waals surface area contributed by atoms with E-state index in [1.807, 2.05) is 0 Å². The number of aliphatic hydroxyl groups excluding tert-OH is 1. The van der Waals surface area contributed by atoms with Crippen molar-refractivity contribution in [2.75, 3.05) is 0 Å². The van der Waals surface area contributed by atoms with E-state index in [0.29, 0.717) is 33.9 Å². The van der Waals surface area contributed by atoms with Crippen LogP contribution in [0.5, 0.6) is 0 Å². The highest BCUT2D eigenvalue weighted by Crippen LogP contribution is 2.30. The van der Waals surface area contributed by atoms with Crippen LogP contribution in [0.15, 0.2) is 12.2 Å². The first-order valence-corrected chi connectivity index (χ1v) is 18.0. The zero-order valence-corrected chi connectivity index (χ0v) is 21.1. The number of carbonyl (C=O) groups excluding carboxylic acids is 1. The molecule has 1 aliphatic rings. The number of hydrogen-bond donors (Lipinski definition) is 1. The summed E-state index contributed by atoms with van der Waals surface area (Å²) in [7, 11) is -2.67. The van der Waals surface area contributed by atoms with Gasteiger partial charge in [-0.3, -0.25) is 0 Å². The molecule has 1 fully saturated rings. The molecular formula is C19H38O5Si3. The van der Waals surface area contributed by atoms with Crippen LogP contribution in [0.25, 0.3) is 0 Å². The summed E-state index contributed by atoms with van der Waals surface area (Å²) in [5.74, 6) is -0.0263. The maximum Gasteiger partial charge on any atom is 0.333 e. The molecule has 0 bridgehead atoms. The van der Waals surface area contributed by atoms with E-state index in [2.05, 4.69) is 45.9 Å². The molecule has 0 amide bonds. The number of ether oxygens (including phenoxy) is 1. The van der Waals surface area contributed by atoms with Gasteiger partial charge in [-0.1, -0.05) is 19.0 Å². The van der Waals surface area contributed by atoms with Gasteiger partial charge in [-0.2, -0.15) is 0 Å². The Morgan fingerprint density at radius 1 is 1.15 bits per heavy atom. The average Bonchev–Trinajstić information content (AvgIpc) is 2.46. The molecule has 1 N–H and O–H groups in total. The molecule has 3 unspecified atom stereocenters. The molecule has 27 heavy (non-hydrogen) atoms. The van der Waals surface area contributed by atoms with Gasteiger partial charge in [0.1, 0.15) is 21.5 Å². The smallest absolute Gasteiger partial charge is 0.333 e. The molecule has 8 heteroatoms. The van der Waals surface area contributed by atoms with Crippen LogP contribution in [0.2, 0.25) is 45.3 Å². The Hall–Kier alpha value is -0.259. The molecule has 0 aromatic carbocycles. The molecule has 2 radical (unpaired) electrons. The van der Waals surface area contributed by atoms with Gasteiger partial charge >= 0.3 is 5.97 Å².